The fraction of sp³-hybridized carbons (Fsp3) is 0.222. The van der Waals surface area contributed by atoms with Crippen LogP contribution in [-0.2, 0) is 4.79 Å². The van der Waals surface area contributed by atoms with Crippen molar-refractivity contribution in [3.8, 4) is 16.9 Å². The summed E-state index contributed by atoms with van der Waals surface area (Å²) < 4.78 is 5.75. The van der Waals surface area contributed by atoms with Crippen LogP contribution in [0, 0.1) is 11.3 Å². The Balaban J connectivity index is 1.82. The van der Waals surface area contributed by atoms with Crippen molar-refractivity contribution in [2.24, 2.45) is 17.1 Å². The highest BCUT2D eigenvalue weighted by Gasteiger charge is 2.29. The van der Waals surface area contributed by atoms with E-state index in [-0.39, 0.29) is 23.2 Å². The average molecular weight is 460 g/mol. The van der Waals surface area contributed by atoms with Crippen molar-refractivity contribution in [1.29, 1.82) is 0 Å². The highest BCUT2D eigenvalue weighted by atomic mass is 16.5. The molecule has 7 nitrogen and oxygen atoms in total. The fourth-order valence-corrected chi connectivity index (χ4v) is 3.19. The molecule has 0 radical (unpaired) electrons. The number of carbonyl (C=O) groups excluding carboxylic acids is 3. The molecule has 176 valence electrons. The summed E-state index contributed by atoms with van der Waals surface area (Å²) in [6, 6.07) is 20.3. The van der Waals surface area contributed by atoms with Gasteiger partial charge in [-0.15, -0.1) is 0 Å². The lowest BCUT2D eigenvalue weighted by atomic mass is 9.82. The number of amides is 3. The molecule has 0 aromatic heterocycles. The van der Waals surface area contributed by atoms with E-state index in [1.165, 1.54) is 6.07 Å². The van der Waals surface area contributed by atoms with E-state index in [0.717, 1.165) is 11.1 Å². The molecule has 3 rings (SSSR count). The summed E-state index contributed by atoms with van der Waals surface area (Å²) in [5, 5.41) is 5.31. The van der Waals surface area contributed by atoms with Gasteiger partial charge in [0, 0.05) is 22.5 Å². The van der Waals surface area contributed by atoms with Crippen LogP contribution in [0.25, 0.3) is 11.1 Å². The maximum Gasteiger partial charge on any atom is 0.316 e. The van der Waals surface area contributed by atoms with Crippen LogP contribution in [0.2, 0.25) is 0 Å². The van der Waals surface area contributed by atoms with E-state index in [4.69, 9.17) is 10.5 Å². The number of nitrogens with two attached hydrogens (primary N) is 1. The second-order valence-electron chi connectivity index (χ2n) is 9.11. The Hall–Kier alpha value is -4.13. The van der Waals surface area contributed by atoms with Gasteiger partial charge in [-0.05, 0) is 47.4 Å². The molecular formula is C27H29N3O4. The monoisotopic (exact) mass is 459 g/mol. The van der Waals surface area contributed by atoms with E-state index >= 15 is 0 Å². The third kappa shape index (κ3) is 6.22. The summed E-state index contributed by atoms with van der Waals surface area (Å²) in [5.41, 5.74) is 7.80. The van der Waals surface area contributed by atoms with Gasteiger partial charge in [0.25, 0.3) is 5.91 Å². The first-order valence-electron chi connectivity index (χ1n) is 10.9. The van der Waals surface area contributed by atoms with E-state index in [9.17, 15) is 14.4 Å². The molecule has 0 saturated heterocycles. The molecule has 0 aliphatic heterocycles. The summed E-state index contributed by atoms with van der Waals surface area (Å²) in [6.45, 7) is 7.85. The van der Waals surface area contributed by atoms with Gasteiger partial charge >= 0.3 is 12.0 Å². The van der Waals surface area contributed by atoms with Gasteiger partial charge in [-0.25, -0.2) is 4.79 Å². The van der Waals surface area contributed by atoms with Crippen molar-refractivity contribution in [3.05, 3.63) is 78.4 Å². The molecule has 3 amide bonds. The minimum atomic E-state index is -0.707. The van der Waals surface area contributed by atoms with Crippen molar-refractivity contribution < 1.29 is 19.1 Å². The number of anilines is 2. The van der Waals surface area contributed by atoms with Crippen molar-refractivity contribution in [3.63, 3.8) is 0 Å². The zero-order chi connectivity index (χ0) is 24.9. The Morgan fingerprint density at radius 1 is 0.853 bits per heavy atom. The first kappa shape index (κ1) is 24.5. The van der Waals surface area contributed by atoms with Crippen LogP contribution in [0.4, 0.5) is 16.2 Å². The summed E-state index contributed by atoms with van der Waals surface area (Å²) in [7, 11) is 0. The maximum absolute atomic E-state index is 12.8. The van der Waals surface area contributed by atoms with E-state index in [2.05, 4.69) is 10.6 Å². The highest BCUT2D eigenvalue weighted by Crippen LogP contribution is 2.33. The summed E-state index contributed by atoms with van der Waals surface area (Å²) in [5.74, 6) is -0.471. The fourth-order valence-electron chi connectivity index (χ4n) is 3.19. The number of ether oxygens (including phenoxy) is 1. The van der Waals surface area contributed by atoms with Gasteiger partial charge in [-0.3, -0.25) is 9.59 Å². The van der Waals surface area contributed by atoms with Crippen LogP contribution >= 0.6 is 0 Å². The van der Waals surface area contributed by atoms with Crippen LogP contribution in [0.1, 0.15) is 38.1 Å². The van der Waals surface area contributed by atoms with E-state index in [1.807, 2.05) is 64.1 Å². The van der Waals surface area contributed by atoms with E-state index < -0.39 is 6.03 Å². The number of nitrogens with one attached hydrogen (secondary N) is 2. The number of hydrogen-bond donors (Lipinski definition) is 3. The highest BCUT2D eigenvalue weighted by molar-refractivity contribution is 6.05. The van der Waals surface area contributed by atoms with Crippen molar-refractivity contribution >= 4 is 29.3 Å². The van der Waals surface area contributed by atoms with Crippen LogP contribution in [-0.4, -0.2) is 17.9 Å². The molecule has 0 spiro atoms. The number of para-hydroxylation sites is 1. The Labute approximate surface area is 199 Å². The minimum Gasteiger partial charge on any atom is -0.426 e. The normalized spacial score (nSPS) is 11.9. The molecule has 34 heavy (non-hydrogen) atoms. The predicted octanol–water partition coefficient (Wildman–Crippen LogP) is 5.68. The average Bonchev–Trinajstić information content (AvgIpc) is 2.78. The largest absolute Gasteiger partial charge is 0.426 e. The first-order chi connectivity index (χ1) is 16.0. The third-order valence-electron chi connectivity index (χ3n) is 5.57. The summed E-state index contributed by atoms with van der Waals surface area (Å²) in [4.78, 5) is 36.5. The Morgan fingerprint density at radius 2 is 1.50 bits per heavy atom. The molecule has 1 atom stereocenters. The van der Waals surface area contributed by atoms with Gasteiger partial charge in [0.1, 0.15) is 5.75 Å². The molecule has 0 fully saturated rings. The van der Waals surface area contributed by atoms with E-state index in [1.54, 1.807) is 30.3 Å². The zero-order valence-corrected chi connectivity index (χ0v) is 19.7. The molecule has 0 saturated carbocycles. The van der Waals surface area contributed by atoms with Crippen molar-refractivity contribution in [2.45, 2.75) is 27.7 Å². The third-order valence-corrected chi connectivity index (χ3v) is 5.57. The summed E-state index contributed by atoms with van der Waals surface area (Å²) >= 11 is 0. The molecule has 4 N–H and O–H groups in total. The Bertz CT molecular complexity index is 1210. The molecule has 3 aromatic rings. The number of benzene rings is 3. The van der Waals surface area contributed by atoms with Gasteiger partial charge in [-0.1, -0.05) is 64.1 Å². The molecule has 0 heterocycles. The summed E-state index contributed by atoms with van der Waals surface area (Å²) in [6.07, 6.45) is 0. The van der Waals surface area contributed by atoms with Crippen LogP contribution in [0.5, 0.6) is 5.75 Å². The SMILES string of the molecule is CC(C(=O)Oc1ccccc1-c1cccc(NC(=O)c2cccc(NC(N)=O)c2)c1)C(C)(C)C. The van der Waals surface area contributed by atoms with Gasteiger partial charge in [-0.2, -0.15) is 0 Å². The second kappa shape index (κ2) is 10.2. The van der Waals surface area contributed by atoms with Crippen LogP contribution in [0.15, 0.2) is 72.8 Å². The topological polar surface area (TPSA) is 111 Å². The van der Waals surface area contributed by atoms with E-state index in [0.29, 0.717) is 22.7 Å². The number of rotatable bonds is 6. The molecule has 7 heteroatoms. The lowest BCUT2D eigenvalue weighted by Gasteiger charge is -2.25. The molecule has 0 aliphatic rings. The lowest BCUT2D eigenvalue weighted by Crippen LogP contribution is -2.29. The predicted molar refractivity (Wildman–Crippen MR) is 134 cm³/mol. The van der Waals surface area contributed by atoms with Gasteiger partial charge in [0.2, 0.25) is 0 Å². The minimum absolute atomic E-state index is 0.222. The van der Waals surface area contributed by atoms with Gasteiger partial charge in [0.15, 0.2) is 0 Å². The number of carbonyl (C=O) groups is 3. The molecule has 1 unspecified atom stereocenters. The standard InChI is InChI=1S/C27H29N3O4/c1-17(27(2,3)4)25(32)34-23-14-6-5-13-22(23)18-9-7-11-20(15-18)29-24(31)19-10-8-12-21(16-19)30-26(28)33/h5-17H,1-4H3,(H,29,31)(H3,28,30,33). The van der Waals surface area contributed by atoms with Crippen LogP contribution < -0.4 is 21.1 Å². The Morgan fingerprint density at radius 3 is 2.18 bits per heavy atom. The van der Waals surface area contributed by atoms with Crippen LogP contribution in [0.3, 0.4) is 0 Å². The molecule has 0 bridgehead atoms. The lowest BCUT2D eigenvalue weighted by molar-refractivity contribution is -0.141. The Kier molecular flexibility index (Phi) is 7.36. The number of esters is 1. The quantitative estimate of drug-likeness (QED) is 0.325. The zero-order valence-electron chi connectivity index (χ0n) is 19.7. The van der Waals surface area contributed by atoms with Crippen molar-refractivity contribution in [2.75, 3.05) is 10.6 Å². The maximum atomic E-state index is 12.8. The smallest absolute Gasteiger partial charge is 0.316 e. The molecular weight excluding hydrogens is 430 g/mol. The molecule has 3 aromatic carbocycles. The number of hydrogen-bond acceptors (Lipinski definition) is 4. The second-order valence-corrected chi connectivity index (χ2v) is 9.11. The first-order valence-corrected chi connectivity index (χ1v) is 10.9. The van der Waals surface area contributed by atoms with Crippen molar-refractivity contribution in [1.82, 2.24) is 0 Å². The molecule has 0 aliphatic carbocycles. The number of urea groups is 1. The van der Waals surface area contributed by atoms with Gasteiger partial charge < -0.3 is 21.1 Å². The number of primary amides is 1. The van der Waals surface area contributed by atoms with Gasteiger partial charge in [0.05, 0.1) is 5.92 Å².